The summed E-state index contributed by atoms with van der Waals surface area (Å²) in [6.45, 7) is 10.9. The molecule has 0 radical (unpaired) electrons. The number of carboxylic acid groups (broad SMARTS) is 2. The van der Waals surface area contributed by atoms with E-state index in [1.54, 1.807) is 0 Å². The fraction of sp³-hybridized carbons (Fsp3) is 0.714. The van der Waals surface area contributed by atoms with Crippen molar-refractivity contribution >= 4 is 23.9 Å². The van der Waals surface area contributed by atoms with Gasteiger partial charge in [-0.1, -0.05) is 6.42 Å². The van der Waals surface area contributed by atoms with E-state index in [9.17, 15) is 19.2 Å². The van der Waals surface area contributed by atoms with Gasteiger partial charge in [0, 0.05) is 49.5 Å². The van der Waals surface area contributed by atoms with Crippen LogP contribution in [0.2, 0.25) is 0 Å². The Morgan fingerprint density at radius 1 is 0.725 bits per heavy atom. The Balaban J connectivity index is 0.000000400. The molecule has 0 unspecified atom stereocenters. The van der Waals surface area contributed by atoms with Crippen LogP contribution in [-0.4, -0.2) is 123 Å². The summed E-state index contributed by atoms with van der Waals surface area (Å²) in [5.41, 5.74) is -0.0467. The number of carbonyl (C=O) groups excluding carboxylic acids is 2. The summed E-state index contributed by atoms with van der Waals surface area (Å²) in [6, 6.07) is 0. The molecule has 0 aromatic heterocycles. The fourth-order valence-corrected chi connectivity index (χ4v) is 4.09. The van der Waals surface area contributed by atoms with Crippen LogP contribution in [0.15, 0.2) is 23.3 Å². The quantitative estimate of drug-likeness (QED) is 0.159. The van der Waals surface area contributed by atoms with Crippen LogP contribution in [0.4, 0.5) is 0 Å². The fourth-order valence-electron chi connectivity index (χ4n) is 4.09. The zero-order valence-corrected chi connectivity index (χ0v) is 23.9. The summed E-state index contributed by atoms with van der Waals surface area (Å²) in [7, 11) is 1.26. The number of carboxylic acids is 2. The monoisotopic (exact) mass is 570 g/mol. The number of unbranched alkanes of at least 4 members (excludes halogenated alkanes) is 4. The molecular formula is C28H46N2O10. The zero-order chi connectivity index (χ0) is 29.6. The molecule has 0 saturated carbocycles. The van der Waals surface area contributed by atoms with Crippen LogP contribution in [0.3, 0.4) is 0 Å². The van der Waals surface area contributed by atoms with E-state index in [4.69, 9.17) is 24.4 Å². The molecular weight excluding hydrogens is 524 g/mol. The van der Waals surface area contributed by atoms with Crippen LogP contribution in [-0.2, 0) is 38.1 Å². The minimum Gasteiger partial charge on any atom is -0.478 e. The second-order valence-electron chi connectivity index (χ2n) is 9.52. The lowest BCUT2D eigenvalue weighted by Crippen LogP contribution is -2.36. The van der Waals surface area contributed by atoms with E-state index in [-0.39, 0.29) is 11.1 Å². The average molecular weight is 571 g/mol. The molecule has 0 bridgehead atoms. The van der Waals surface area contributed by atoms with Crippen LogP contribution in [0.25, 0.3) is 0 Å². The van der Waals surface area contributed by atoms with E-state index >= 15 is 0 Å². The van der Waals surface area contributed by atoms with Crippen LogP contribution < -0.4 is 0 Å². The molecule has 2 heterocycles. The van der Waals surface area contributed by atoms with Gasteiger partial charge in [0.25, 0.3) is 0 Å². The Bertz CT molecular complexity index is 831. The molecule has 2 aliphatic heterocycles. The lowest BCUT2D eigenvalue weighted by Gasteiger charge is -2.26. The normalized spacial score (nSPS) is 16.9. The van der Waals surface area contributed by atoms with Gasteiger partial charge in [0.05, 0.1) is 40.1 Å². The van der Waals surface area contributed by atoms with Crippen molar-refractivity contribution in [2.45, 2.75) is 51.9 Å². The van der Waals surface area contributed by atoms with Gasteiger partial charge in [0.15, 0.2) is 0 Å². The second-order valence-corrected chi connectivity index (χ2v) is 9.52. The molecule has 12 heteroatoms. The third kappa shape index (κ3) is 17.0. The molecule has 2 saturated heterocycles. The first-order valence-corrected chi connectivity index (χ1v) is 13.9. The molecule has 0 aromatic carbocycles. The number of rotatable bonds is 16. The predicted molar refractivity (Wildman–Crippen MR) is 147 cm³/mol. The Labute approximate surface area is 236 Å². The minimum atomic E-state index is -1.16. The van der Waals surface area contributed by atoms with Gasteiger partial charge in [-0.2, -0.15) is 0 Å². The largest absolute Gasteiger partial charge is 0.478 e. The summed E-state index contributed by atoms with van der Waals surface area (Å²) in [4.78, 5) is 48.5. The van der Waals surface area contributed by atoms with Crippen molar-refractivity contribution in [1.82, 2.24) is 9.80 Å². The van der Waals surface area contributed by atoms with E-state index in [2.05, 4.69) is 14.5 Å². The third-order valence-corrected chi connectivity index (χ3v) is 6.56. The Kier molecular flexibility index (Phi) is 19.3. The number of methoxy groups -OCH3 is 1. The summed E-state index contributed by atoms with van der Waals surface area (Å²) < 4.78 is 19.9. The van der Waals surface area contributed by atoms with Crippen molar-refractivity contribution in [2.75, 3.05) is 79.4 Å². The summed E-state index contributed by atoms with van der Waals surface area (Å²) in [5.74, 6) is -3.36. The maximum absolute atomic E-state index is 11.2. The summed E-state index contributed by atoms with van der Waals surface area (Å²) in [6.07, 6.45) is 8.01. The number of nitrogens with zero attached hydrogens (tertiary/aromatic N) is 2. The molecule has 12 nitrogen and oxygen atoms in total. The van der Waals surface area contributed by atoms with E-state index < -0.39 is 23.9 Å². The van der Waals surface area contributed by atoms with Gasteiger partial charge in [-0.25, -0.2) is 19.2 Å². The molecule has 2 rings (SSSR count). The van der Waals surface area contributed by atoms with Gasteiger partial charge < -0.3 is 29.2 Å². The van der Waals surface area contributed by atoms with Crippen LogP contribution >= 0.6 is 0 Å². The smallest absolute Gasteiger partial charge is 0.332 e. The predicted octanol–water partition coefficient (Wildman–Crippen LogP) is 2.13. The number of morpholine rings is 2. The van der Waals surface area contributed by atoms with Crippen molar-refractivity contribution in [3.05, 3.63) is 23.3 Å². The van der Waals surface area contributed by atoms with Crippen LogP contribution in [0.1, 0.15) is 51.9 Å². The molecule has 0 aliphatic carbocycles. The standard InChI is InChI=1S/2C14H23NO5/c1-18-13(16)5-6-14(17)20-10-4-2-3-7-15-8-11-19-12-9-15;1-11(13(16)17)12(14(18)19)5-3-2-4-6-15-7-9-20-10-8-15/h5-6H,2-4,7-12H2,1H3;2-10H2,1H3,(H,16,17)(H,18,19). The van der Waals surface area contributed by atoms with Gasteiger partial charge in [0.1, 0.15) is 0 Å². The molecule has 0 spiro atoms. The van der Waals surface area contributed by atoms with Crippen molar-refractivity contribution in [1.29, 1.82) is 0 Å². The number of ether oxygens (including phenoxy) is 4. The van der Waals surface area contributed by atoms with Crippen molar-refractivity contribution in [3.63, 3.8) is 0 Å². The number of aliphatic carboxylic acids is 2. The highest BCUT2D eigenvalue weighted by Gasteiger charge is 2.16. The molecule has 0 amide bonds. The summed E-state index contributed by atoms with van der Waals surface area (Å²) >= 11 is 0. The van der Waals surface area contributed by atoms with Gasteiger partial charge in [-0.05, 0) is 58.5 Å². The van der Waals surface area contributed by atoms with Gasteiger partial charge in [-0.15, -0.1) is 0 Å². The summed E-state index contributed by atoms with van der Waals surface area (Å²) in [5, 5.41) is 17.8. The van der Waals surface area contributed by atoms with Crippen LogP contribution in [0.5, 0.6) is 0 Å². The maximum atomic E-state index is 11.2. The molecule has 40 heavy (non-hydrogen) atoms. The first-order chi connectivity index (χ1) is 19.2. The third-order valence-electron chi connectivity index (χ3n) is 6.56. The zero-order valence-electron chi connectivity index (χ0n) is 23.9. The molecule has 228 valence electrons. The molecule has 0 aromatic rings. The number of esters is 2. The van der Waals surface area contributed by atoms with E-state index in [0.29, 0.717) is 19.4 Å². The molecule has 2 fully saturated rings. The highest BCUT2D eigenvalue weighted by Crippen LogP contribution is 2.15. The van der Waals surface area contributed by atoms with Crippen molar-refractivity contribution in [3.8, 4) is 0 Å². The number of hydrogen-bond donors (Lipinski definition) is 2. The molecule has 0 atom stereocenters. The highest BCUT2D eigenvalue weighted by atomic mass is 16.5. The Morgan fingerprint density at radius 2 is 1.23 bits per heavy atom. The minimum absolute atomic E-state index is 0.0175. The molecule has 2 N–H and O–H groups in total. The lowest BCUT2D eigenvalue weighted by atomic mass is 10.0. The average Bonchev–Trinajstić information content (AvgIpc) is 2.96. The first-order valence-electron chi connectivity index (χ1n) is 13.9. The van der Waals surface area contributed by atoms with Gasteiger partial charge in [0.2, 0.25) is 0 Å². The van der Waals surface area contributed by atoms with Crippen LogP contribution in [0, 0.1) is 0 Å². The lowest BCUT2D eigenvalue weighted by molar-refractivity contribution is -0.139. The van der Waals surface area contributed by atoms with Gasteiger partial charge >= 0.3 is 23.9 Å². The van der Waals surface area contributed by atoms with E-state index in [0.717, 1.165) is 110 Å². The van der Waals surface area contributed by atoms with Crippen molar-refractivity contribution < 1.29 is 48.3 Å². The Hall–Kier alpha value is -2.80. The maximum Gasteiger partial charge on any atom is 0.332 e. The topological polar surface area (TPSA) is 152 Å². The van der Waals surface area contributed by atoms with Crippen molar-refractivity contribution in [2.24, 2.45) is 0 Å². The number of hydrogen-bond acceptors (Lipinski definition) is 10. The van der Waals surface area contributed by atoms with Gasteiger partial charge in [-0.3, -0.25) is 9.80 Å². The van der Waals surface area contributed by atoms with E-state index in [1.807, 2.05) is 0 Å². The number of carbonyl (C=O) groups is 4. The Morgan fingerprint density at radius 3 is 1.70 bits per heavy atom. The highest BCUT2D eigenvalue weighted by molar-refractivity contribution is 5.98. The second kappa shape index (κ2) is 22.0. The van der Waals surface area contributed by atoms with E-state index in [1.165, 1.54) is 14.0 Å². The first kappa shape index (κ1) is 35.2. The molecule has 2 aliphatic rings. The SMILES string of the molecule is CC(C(=O)O)=C(CCCCCN1CCOCC1)C(=O)O.COC(=O)C=CC(=O)OCCCCCN1CCOCC1.